The Morgan fingerprint density at radius 3 is 2.18 bits per heavy atom. The number of methoxy groups -OCH3 is 1. The van der Waals surface area contributed by atoms with Gasteiger partial charge in [0.25, 0.3) is 5.91 Å². The highest BCUT2D eigenvalue weighted by molar-refractivity contribution is 5.85. The van der Waals surface area contributed by atoms with Gasteiger partial charge in [-0.25, -0.2) is 0 Å². The van der Waals surface area contributed by atoms with Crippen molar-refractivity contribution in [3.05, 3.63) is 77.4 Å². The number of carbonyl (C=O) groups excluding carboxylic acids is 1. The summed E-state index contributed by atoms with van der Waals surface area (Å²) in [6.07, 6.45) is -0.648. The number of amides is 1. The van der Waals surface area contributed by atoms with E-state index in [1.54, 1.807) is 7.11 Å². The van der Waals surface area contributed by atoms with Crippen LogP contribution in [-0.2, 0) is 20.8 Å². The van der Waals surface area contributed by atoms with Crippen molar-refractivity contribution in [3.8, 4) is 17.8 Å². The number of rotatable bonds is 11. The number of hydrogen-bond acceptors (Lipinski definition) is 10. The molecule has 3 aliphatic rings. The Morgan fingerprint density at radius 2 is 1.59 bits per heavy atom. The van der Waals surface area contributed by atoms with Crippen LogP contribution in [0.5, 0.6) is 17.8 Å². The first-order chi connectivity index (χ1) is 22.9. The number of hydrogen-bond donors (Lipinski definition) is 0. The van der Waals surface area contributed by atoms with Crippen molar-refractivity contribution >= 4 is 30.7 Å². The molecule has 1 aromatic heterocycles. The summed E-state index contributed by atoms with van der Waals surface area (Å²) in [5, 5.41) is 0. The van der Waals surface area contributed by atoms with Gasteiger partial charge in [-0.3, -0.25) is 14.6 Å². The smallest absolute Gasteiger partial charge is 0.323 e. The molecule has 4 heterocycles. The molecule has 1 amide bonds. The number of aromatic nitrogens is 2. The minimum Gasteiger partial charge on any atom is -0.481 e. The van der Waals surface area contributed by atoms with E-state index in [4.69, 9.17) is 23.7 Å². The fourth-order valence-electron chi connectivity index (χ4n) is 7.10. The van der Waals surface area contributed by atoms with Gasteiger partial charge in [-0.15, -0.1) is 24.8 Å². The number of fused-ring (bicyclic) bond motifs is 1. The Bertz CT molecular complexity index is 1430. The third-order valence-corrected chi connectivity index (χ3v) is 9.08. The third kappa shape index (κ3) is 9.14. The van der Waals surface area contributed by atoms with Gasteiger partial charge < -0.3 is 28.6 Å². The highest BCUT2D eigenvalue weighted by Gasteiger charge is 2.44. The summed E-state index contributed by atoms with van der Waals surface area (Å²) in [4.78, 5) is 29.9. The molecule has 3 aliphatic heterocycles. The average molecular weight is 719 g/mol. The van der Waals surface area contributed by atoms with Gasteiger partial charge >= 0.3 is 6.01 Å². The Morgan fingerprint density at radius 1 is 0.918 bits per heavy atom. The molecule has 2 aromatic carbocycles. The van der Waals surface area contributed by atoms with Crippen molar-refractivity contribution in [1.82, 2.24) is 24.7 Å². The molecule has 3 saturated heterocycles. The maximum Gasteiger partial charge on any atom is 0.323 e. The molecule has 0 saturated carbocycles. The zero-order valence-electron chi connectivity index (χ0n) is 28.7. The zero-order valence-corrected chi connectivity index (χ0v) is 30.4. The topological polar surface area (TPSA) is 98.7 Å². The van der Waals surface area contributed by atoms with Gasteiger partial charge in [0.2, 0.25) is 11.8 Å². The molecule has 0 bridgehead atoms. The van der Waals surface area contributed by atoms with Crippen LogP contribution in [0.15, 0.2) is 60.7 Å². The van der Waals surface area contributed by atoms with E-state index in [2.05, 4.69) is 80.4 Å². The lowest BCUT2D eigenvalue weighted by atomic mass is 9.81. The Kier molecular flexibility index (Phi) is 14.3. The molecule has 0 spiro atoms. The minimum atomic E-state index is -0.548. The molecule has 11 nitrogen and oxygen atoms in total. The van der Waals surface area contributed by atoms with E-state index in [1.165, 1.54) is 11.1 Å². The van der Waals surface area contributed by atoms with Gasteiger partial charge in [0.15, 0.2) is 6.10 Å². The Balaban J connectivity index is 0.00000270. The van der Waals surface area contributed by atoms with Crippen molar-refractivity contribution in [2.24, 2.45) is 0 Å². The van der Waals surface area contributed by atoms with Gasteiger partial charge in [-0.2, -0.15) is 9.97 Å². The second-order valence-electron chi connectivity index (χ2n) is 12.6. The molecule has 49 heavy (non-hydrogen) atoms. The van der Waals surface area contributed by atoms with Crippen LogP contribution in [0.25, 0.3) is 0 Å². The average Bonchev–Trinajstić information content (AvgIpc) is 3.10. The Labute approximate surface area is 302 Å². The van der Waals surface area contributed by atoms with E-state index < -0.39 is 6.10 Å². The van der Waals surface area contributed by atoms with E-state index in [9.17, 15) is 4.79 Å². The van der Waals surface area contributed by atoms with Crippen LogP contribution in [0.4, 0.5) is 0 Å². The van der Waals surface area contributed by atoms with Gasteiger partial charge in [0.1, 0.15) is 0 Å². The number of piperazine rings is 2. The lowest BCUT2D eigenvalue weighted by Gasteiger charge is -2.53. The lowest BCUT2D eigenvalue weighted by Crippen LogP contribution is -2.68. The number of benzene rings is 2. The second kappa shape index (κ2) is 18.2. The molecule has 0 radical (unpaired) electrons. The van der Waals surface area contributed by atoms with Gasteiger partial charge in [-0.1, -0.05) is 60.7 Å². The summed E-state index contributed by atoms with van der Waals surface area (Å²) in [6.45, 7) is 11.6. The molecule has 3 fully saturated rings. The van der Waals surface area contributed by atoms with Gasteiger partial charge in [-0.05, 0) is 31.9 Å². The molecule has 3 aromatic rings. The highest BCUT2D eigenvalue weighted by Crippen LogP contribution is 2.38. The summed E-state index contributed by atoms with van der Waals surface area (Å²) in [6, 6.07) is 22.0. The number of carbonyl (C=O) groups is 1. The summed E-state index contributed by atoms with van der Waals surface area (Å²) in [5.41, 5.74) is 3.31. The van der Waals surface area contributed by atoms with Crippen LogP contribution >= 0.6 is 24.8 Å². The van der Waals surface area contributed by atoms with Crippen LogP contribution in [-0.4, -0.2) is 121 Å². The molecule has 13 heteroatoms. The van der Waals surface area contributed by atoms with Crippen molar-refractivity contribution in [2.45, 2.75) is 57.5 Å². The monoisotopic (exact) mass is 717 g/mol. The molecular formula is C36H49Cl2N5O6. The van der Waals surface area contributed by atoms with E-state index in [0.29, 0.717) is 57.8 Å². The maximum atomic E-state index is 13.6. The first kappa shape index (κ1) is 38.6. The fraction of sp³-hybridized carbons (Fsp3) is 0.528. The van der Waals surface area contributed by atoms with E-state index in [0.717, 1.165) is 25.2 Å². The van der Waals surface area contributed by atoms with Gasteiger partial charge in [0.05, 0.1) is 45.2 Å². The summed E-state index contributed by atoms with van der Waals surface area (Å²) < 4.78 is 29.1. The van der Waals surface area contributed by atoms with E-state index >= 15 is 0 Å². The maximum absolute atomic E-state index is 13.6. The van der Waals surface area contributed by atoms with Crippen LogP contribution in [0.1, 0.15) is 43.4 Å². The first-order valence-electron chi connectivity index (χ1n) is 16.8. The number of ether oxygens (including phenoxy) is 5. The van der Waals surface area contributed by atoms with Gasteiger partial charge in [0, 0.05) is 57.3 Å². The SMILES string of the molecule is CCOc1nc(OC)c(CN2CC(C(c3ccccc3)c3ccccc3)N3CCN(C(=O)C4COCCO4)C[C@H]3C2)c(OC(C)C)n1.Cl.Cl. The predicted octanol–water partition coefficient (Wildman–Crippen LogP) is 4.46. The van der Waals surface area contributed by atoms with Crippen molar-refractivity contribution in [2.75, 3.05) is 66.3 Å². The van der Waals surface area contributed by atoms with Crippen LogP contribution in [0, 0.1) is 0 Å². The van der Waals surface area contributed by atoms with Crippen molar-refractivity contribution in [1.29, 1.82) is 0 Å². The summed E-state index contributed by atoms with van der Waals surface area (Å²) in [7, 11) is 1.62. The summed E-state index contributed by atoms with van der Waals surface area (Å²) in [5.74, 6) is 1.03. The number of nitrogens with zero attached hydrogens (tertiary/aromatic N) is 5. The molecule has 6 rings (SSSR count). The molecule has 0 aliphatic carbocycles. The third-order valence-electron chi connectivity index (χ3n) is 9.08. The quantitative estimate of drug-likeness (QED) is 0.283. The standard InChI is InChI=1S/C36H47N5O6.2ClH/c1-5-45-36-37-33(43-4)29(34(38-36)47-25(2)3)22-39-20-28-21-40(35(42)31-24-44-18-19-46-31)16-17-41(28)30(23-39)32(26-12-8-6-9-13-26)27-14-10-7-11-15-27;;/h6-15,25,28,30-32H,5,16-24H2,1-4H3;2*1H/t28-,30?,31?;;/m1../s1. The van der Waals surface area contributed by atoms with Crippen molar-refractivity contribution < 1.29 is 28.5 Å². The molecule has 0 N–H and O–H groups in total. The van der Waals surface area contributed by atoms with E-state index in [-0.39, 0.29) is 60.8 Å². The molecule has 268 valence electrons. The molecule has 2 unspecified atom stereocenters. The van der Waals surface area contributed by atoms with E-state index in [1.807, 2.05) is 25.7 Å². The summed E-state index contributed by atoms with van der Waals surface area (Å²) >= 11 is 0. The zero-order chi connectivity index (χ0) is 32.8. The molecular weight excluding hydrogens is 669 g/mol. The highest BCUT2D eigenvalue weighted by atomic mass is 35.5. The first-order valence-corrected chi connectivity index (χ1v) is 16.8. The fourth-order valence-corrected chi connectivity index (χ4v) is 7.10. The number of halogens is 2. The lowest BCUT2D eigenvalue weighted by molar-refractivity contribution is -0.162. The van der Waals surface area contributed by atoms with Crippen molar-refractivity contribution in [3.63, 3.8) is 0 Å². The Hall–Kier alpha value is -3.19. The second-order valence-corrected chi connectivity index (χ2v) is 12.6. The largest absolute Gasteiger partial charge is 0.481 e. The van der Waals surface area contributed by atoms with Crippen LogP contribution in [0.2, 0.25) is 0 Å². The van der Waals surface area contributed by atoms with Crippen LogP contribution < -0.4 is 14.2 Å². The molecule has 3 atom stereocenters. The normalized spacial score (nSPS) is 21.3. The predicted molar refractivity (Wildman–Crippen MR) is 191 cm³/mol. The minimum absolute atomic E-state index is 0. The van der Waals surface area contributed by atoms with Crippen LogP contribution in [0.3, 0.4) is 0 Å².